The molecular formula is C15H29N3O. The van der Waals surface area contributed by atoms with E-state index in [-0.39, 0.29) is 0 Å². The Balaban J connectivity index is 2.65. The zero-order valence-corrected chi connectivity index (χ0v) is 13.1. The summed E-state index contributed by atoms with van der Waals surface area (Å²) in [7, 11) is 1.74. The number of nitrogens with one attached hydrogen (secondary N) is 1. The summed E-state index contributed by atoms with van der Waals surface area (Å²) >= 11 is 0. The summed E-state index contributed by atoms with van der Waals surface area (Å²) in [6.45, 7) is 10.5. The van der Waals surface area contributed by atoms with E-state index in [1.165, 1.54) is 12.8 Å². The zero-order chi connectivity index (χ0) is 14.3. The SMILES string of the molecule is CCC(CC)C(C)Nc1nc(C)cn1CCCOC. The number of anilines is 1. The number of aryl methyl sites for hydroxylation is 2. The van der Waals surface area contributed by atoms with E-state index < -0.39 is 0 Å². The van der Waals surface area contributed by atoms with Crippen LogP contribution in [0.4, 0.5) is 5.95 Å². The summed E-state index contributed by atoms with van der Waals surface area (Å²) in [6.07, 6.45) is 5.53. The molecular weight excluding hydrogens is 238 g/mol. The van der Waals surface area contributed by atoms with Gasteiger partial charge in [0.25, 0.3) is 0 Å². The molecule has 1 rings (SSSR count). The average molecular weight is 267 g/mol. The molecule has 0 bridgehead atoms. The van der Waals surface area contributed by atoms with Crippen LogP contribution >= 0.6 is 0 Å². The lowest BCUT2D eigenvalue weighted by Gasteiger charge is -2.23. The van der Waals surface area contributed by atoms with Crippen LogP contribution in [-0.4, -0.2) is 29.3 Å². The van der Waals surface area contributed by atoms with Crippen molar-refractivity contribution >= 4 is 5.95 Å². The first-order valence-corrected chi connectivity index (χ1v) is 7.41. The van der Waals surface area contributed by atoms with Gasteiger partial charge in [0.05, 0.1) is 5.69 Å². The van der Waals surface area contributed by atoms with Gasteiger partial charge in [0, 0.05) is 32.5 Å². The van der Waals surface area contributed by atoms with Gasteiger partial charge in [0.15, 0.2) is 0 Å². The van der Waals surface area contributed by atoms with Gasteiger partial charge >= 0.3 is 0 Å². The molecule has 0 aliphatic heterocycles. The molecule has 0 aliphatic rings. The Morgan fingerprint density at radius 3 is 2.63 bits per heavy atom. The maximum absolute atomic E-state index is 5.11. The van der Waals surface area contributed by atoms with E-state index in [9.17, 15) is 0 Å². The van der Waals surface area contributed by atoms with Gasteiger partial charge in [0.1, 0.15) is 0 Å². The lowest BCUT2D eigenvalue weighted by Crippen LogP contribution is -2.26. The van der Waals surface area contributed by atoms with Crippen LogP contribution in [0.25, 0.3) is 0 Å². The predicted molar refractivity (Wildman–Crippen MR) is 80.6 cm³/mol. The Hall–Kier alpha value is -1.03. The molecule has 1 unspecified atom stereocenters. The molecule has 1 aromatic heterocycles. The van der Waals surface area contributed by atoms with Crippen molar-refractivity contribution < 1.29 is 4.74 Å². The Kier molecular flexibility index (Phi) is 6.92. The minimum atomic E-state index is 0.456. The fourth-order valence-electron chi connectivity index (χ4n) is 2.53. The fourth-order valence-corrected chi connectivity index (χ4v) is 2.53. The second kappa shape index (κ2) is 8.20. The number of ether oxygens (including phenoxy) is 1. The molecule has 4 heteroatoms. The first-order valence-electron chi connectivity index (χ1n) is 7.41. The maximum Gasteiger partial charge on any atom is 0.203 e. The van der Waals surface area contributed by atoms with Crippen molar-refractivity contribution in [1.29, 1.82) is 0 Å². The predicted octanol–water partition coefficient (Wildman–Crippen LogP) is 3.46. The normalized spacial score (nSPS) is 12.9. The van der Waals surface area contributed by atoms with Crippen LogP contribution in [0.2, 0.25) is 0 Å². The monoisotopic (exact) mass is 267 g/mol. The van der Waals surface area contributed by atoms with E-state index in [1.807, 2.05) is 6.92 Å². The van der Waals surface area contributed by atoms with Crippen molar-refractivity contribution in [3.8, 4) is 0 Å². The van der Waals surface area contributed by atoms with Crippen LogP contribution < -0.4 is 5.32 Å². The molecule has 4 nitrogen and oxygen atoms in total. The van der Waals surface area contributed by atoms with Crippen molar-refractivity contribution in [2.24, 2.45) is 5.92 Å². The largest absolute Gasteiger partial charge is 0.385 e. The van der Waals surface area contributed by atoms with Crippen molar-refractivity contribution in [3.05, 3.63) is 11.9 Å². The van der Waals surface area contributed by atoms with Crippen LogP contribution in [0.5, 0.6) is 0 Å². The summed E-state index contributed by atoms with van der Waals surface area (Å²) in [5.74, 6) is 1.69. The summed E-state index contributed by atoms with van der Waals surface area (Å²) in [5, 5.41) is 3.57. The molecule has 1 heterocycles. The third-order valence-corrected chi connectivity index (χ3v) is 3.76. The van der Waals surface area contributed by atoms with E-state index >= 15 is 0 Å². The Morgan fingerprint density at radius 2 is 2.05 bits per heavy atom. The van der Waals surface area contributed by atoms with Gasteiger partial charge in [-0.05, 0) is 26.2 Å². The van der Waals surface area contributed by atoms with Crippen LogP contribution in [-0.2, 0) is 11.3 Å². The second-order valence-corrected chi connectivity index (χ2v) is 5.26. The zero-order valence-electron chi connectivity index (χ0n) is 13.1. The highest BCUT2D eigenvalue weighted by atomic mass is 16.5. The number of nitrogens with zero attached hydrogens (tertiary/aromatic N) is 2. The molecule has 19 heavy (non-hydrogen) atoms. The van der Waals surface area contributed by atoms with Crippen LogP contribution in [0.1, 0.15) is 45.7 Å². The number of rotatable bonds is 9. The molecule has 0 radical (unpaired) electrons. The fraction of sp³-hybridized carbons (Fsp3) is 0.800. The number of hydrogen-bond donors (Lipinski definition) is 1. The molecule has 1 atom stereocenters. The van der Waals surface area contributed by atoms with Gasteiger partial charge in [0.2, 0.25) is 5.95 Å². The summed E-state index contributed by atoms with van der Waals surface area (Å²) in [5.41, 5.74) is 1.07. The molecule has 1 N–H and O–H groups in total. The Bertz CT molecular complexity index is 358. The molecule has 110 valence electrons. The van der Waals surface area contributed by atoms with Gasteiger partial charge in [-0.25, -0.2) is 4.98 Å². The van der Waals surface area contributed by atoms with Gasteiger partial charge in [-0.1, -0.05) is 26.7 Å². The lowest BCUT2D eigenvalue weighted by molar-refractivity contribution is 0.190. The number of hydrogen-bond acceptors (Lipinski definition) is 3. The molecule has 0 spiro atoms. The molecule has 0 saturated heterocycles. The average Bonchev–Trinajstić information content (AvgIpc) is 2.71. The standard InChI is InChI=1S/C15H29N3O/c1-6-14(7-2)13(4)17-15-16-12(3)11-18(15)9-8-10-19-5/h11,13-14H,6-10H2,1-5H3,(H,16,17). The van der Waals surface area contributed by atoms with Crippen LogP contribution in [0.15, 0.2) is 6.20 Å². The summed E-state index contributed by atoms with van der Waals surface area (Å²) in [6, 6.07) is 0.456. The number of imidazole rings is 1. The smallest absolute Gasteiger partial charge is 0.203 e. The maximum atomic E-state index is 5.11. The molecule has 0 aromatic carbocycles. The molecule has 0 saturated carbocycles. The third-order valence-electron chi connectivity index (χ3n) is 3.76. The number of aromatic nitrogens is 2. The van der Waals surface area contributed by atoms with E-state index in [4.69, 9.17) is 4.74 Å². The van der Waals surface area contributed by atoms with Gasteiger partial charge in [-0.2, -0.15) is 0 Å². The first kappa shape index (κ1) is 16.0. The van der Waals surface area contributed by atoms with Crippen molar-refractivity contribution in [2.75, 3.05) is 19.0 Å². The van der Waals surface area contributed by atoms with E-state index in [1.54, 1.807) is 7.11 Å². The second-order valence-electron chi connectivity index (χ2n) is 5.26. The highest BCUT2D eigenvalue weighted by Gasteiger charge is 2.15. The van der Waals surface area contributed by atoms with E-state index in [0.29, 0.717) is 12.0 Å². The van der Waals surface area contributed by atoms with Crippen molar-refractivity contribution in [1.82, 2.24) is 9.55 Å². The lowest BCUT2D eigenvalue weighted by atomic mass is 9.96. The van der Waals surface area contributed by atoms with Gasteiger partial charge in [-0.15, -0.1) is 0 Å². The topological polar surface area (TPSA) is 39.1 Å². The van der Waals surface area contributed by atoms with Crippen LogP contribution in [0.3, 0.4) is 0 Å². The van der Waals surface area contributed by atoms with E-state index in [2.05, 4.69) is 41.8 Å². The highest BCUT2D eigenvalue weighted by Crippen LogP contribution is 2.18. The Morgan fingerprint density at radius 1 is 1.37 bits per heavy atom. The van der Waals surface area contributed by atoms with Crippen molar-refractivity contribution in [2.45, 2.75) is 59.5 Å². The minimum absolute atomic E-state index is 0.456. The minimum Gasteiger partial charge on any atom is -0.385 e. The summed E-state index contributed by atoms with van der Waals surface area (Å²) in [4.78, 5) is 4.59. The Labute approximate surface area is 117 Å². The van der Waals surface area contributed by atoms with Gasteiger partial charge in [-0.3, -0.25) is 0 Å². The van der Waals surface area contributed by atoms with Crippen LogP contribution in [0, 0.1) is 12.8 Å². The third kappa shape index (κ3) is 4.86. The molecule has 1 aromatic rings. The first-order chi connectivity index (χ1) is 9.12. The summed E-state index contributed by atoms with van der Waals surface area (Å²) < 4.78 is 7.31. The molecule has 0 amide bonds. The number of methoxy groups -OCH3 is 1. The van der Waals surface area contributed by atoms with Crippen molar-refractivity contribution in [3.63, 3.8) is 0 Å². The molecule has 0 aliphatic carbocycles. The molecule has 0 fully saturated rings. The van der Waals surface area contributed by atoms with Gasteiger partial charge < -0.3 is 14.6 Å². The highest BCUT2D eigenvalue weighted by molar-refractivity contribution is 5.30. The van der Waals surface area contributed by atoms with E-state index in [0.717, 1.165) is 31.2 Å². The quantitative estimate of drug-likeness (QED) is 0.696.